The zero-order valence-corrected chi connectivity index (χ0v) is 11.4. The second-order valence-electron chi connectivity index (χ2n) is 4.95. The number of hydrogen-bond acceptors (Lipinski definition) is 5. The monoisotopic (exact) mass is 288 g/mol. The number of carbonyl (C=O) groups is 1. The number of nitrogens with one attached hydrogen (secondary N) is 3. The van der Waals surface area contributed by atoms with Crippen LogP contribution in [0.2, 0.25) is 0 Å². The molecule has 3 rings (SSSR count). The van der Waals surface area contributed by atoms with Gasteiger partial charge in [0.15, 0.2) is 0 Å². The van der Waals surface area contributed by atoms with E-state index in [-0.39, 0.29) is 17.2 Å². The van der Waals surface area contributed by atoms with Crippen LogP contribution in [0.3, 0.4) is 0 Å². The van der Waals surface area contributed by atoms with Gasteiger partial charge >= 0.3 is 0 Å². The van der Waals surface area contributed by atoms with Crippen LogP contribution in [0.25, 0.3) is 0 Å². The Morgan fingerprint density at radius 2 is 2.14 bits per heavy atom. The number of hydrogen-bond donors (Lipinski definition) is 3. The summed E-state index contributed by atoms with van der Waals surface area (Å²) in [7, 11) is 0. The Morgan fingerprint density at radius 3 is 2.86 bits per heavy atom. The first-order valence-electron chi connectivity index (χ1n) is 6.84. The second-order valence-corrected chi connectivity index (χ2v) is 4.95. The summed E-state index contributed by atoms with van der Waals surface area (Å²) in [5.74, 6) is -0.379. The van der Waals surface area contributed by atoms with Gasteiger partial charge in [-0.05, 0) is 32.0 Å². The van der Waals surface area contributed by atoms with Crippen molar-refractivity contribution in [3.63, 3.8) is 0 Å². The van der Waals surface area contributed by atoms with Gasteiger partial charge in [0.2, 0.25) is 0 Å². The number of nitrogens with zero attached hydrogens (tertiary/aromatic N) is 3. The van der Waals surface area contributed by atoms with Crippen molar-refractivity contribution < 1.29 is 4.79 Å². The van der Waals surface area contributed by atoms with Gasteiger partial charge in [-0.15, -0.1) is 0 Å². The third-order valence-corrected chi connectivity index (χ3v) is 3.45. The molecule has 1 fully saturated rings. The maximum Gasteiger partial charge on any atom is 0.276 e. The Kier molecular flexibility index (Phi) is 3.78. The number of aromatic nitrogens is 4. The summed E-state index contributed by atoms with van der Waals surface area (Å²) >= 11 is 0. The van der Waals surface area contributed by atoms with E-state index < -0.39 is 0 Å². The summed E-state index contributed by atoms with van der Waals surface area (Å²) < 4.78 is 1.89. The van der Waals surface area contributed by atoms with Gasteiger partial charge in [-0.3, -0.25) is 14.3 Å². The van der Waals surface area contributed by atoms with Crippen LogP contribution in [0, 0.1) is 0 Å². The average Bonchev–Trinajstić information content (AvgIpc) is 2.97. The van der Waals surface area contributed by atoms with E-state index in [4.69, 9.17) is 0 Å². The molecule has 110 valence electrons. The summed E-state index contributed by atoms with van der Waals surface area (Å²) in [6.45, 7) is 1.96. The van der Waals surface area contributed by atoms with Gasteiger partial charge in [0.1, 0.15) is 5.69 Å². The first-order valence-corrected chi connectivity index (χ1v) is 6.84. The lowest BCUT2D eigenvalue weighted by atomic mass is 10.1. The lowest BCUT2D eigenvalue weighted by Crippen LogP contribution is -2.29. The number of aromatic amines is 1. The number of rotatable bonds is 3. The van der Waals surface area contributed by atoms with E-state index in [1.807, 2.05) is 10.9 Å². The van der Waals surface area contributed by atoms with Crippen molar-refractivity contribution in [3.8, 4) is 0 Å². The van der Waals surface area contributed by atoms with Crippen LogP contribution in [0.5, 0.6) is 0 Å². The van der Waals surface area contributed by atoms with E-state index in [1.165, 1.54) is 12.1 Å². The highest BCUT2D eigenvalue weighted by Gasteiger charge is 2.16. The molecule has 0 spiro atoms. The molecule has 1 saturated heterocycles. The summed E-state index contributed by atoms with van der Waals surface area (Å²) in [5.41, 5.74) is 0.432. The fraction of sp³-hybridized carbons (Fsp3) is 0.385. The van der Waals surface area contributed by atoms with E-state index in [0.29, 0.717) is 11.7 Å². The van der Waals surface area contributed by atoms with E-state index in [2.05, 4.69) is 25.9 Å². The molecule has 21 heavy (non-hydrogen) atoms. The van der Waals surface area contributed by atoms with Crippen molar-refractivity contribution >= 4 is 11.6 Å². The largest absolute Gasteiger partial charge is 0.318 e. The highest BCUT2D eigenvalue weighted by molar-refractivity contribution is 6.02. The topological polar surface area (TPSA) is 105 Å². The molecule has 0 bridgehead atoms. The van der Waals surface area contributed by atoms with E-state index in [9.17, 15) is 9.59 Å². The van der Waals surface area contributed by atoms with Crippen molar-refractivity contribution in [2.75, 3.05) is 18.4 Å². The normalized spacial score (nSPS) is 15.8. The number of carbonyl (C=O) groups excluding carboxylic acids is 1. The zero-order valence-electron chi connectivity index (χ0n) is 11.4. The molecule has 0 unspecified atom stereocenters. The molecule has 8 nitrogen and oxygen atoms in total. The maximum absolute atomic E-state index is 12.0. The maximum atomic E-state index is 12.0. The van der Waals surface area contributed by atoms with Crippen LogP contribution < -0.4 is 16.2 Å². The van der Waals surface area contributed by atoms with Crippen LogP contribution in [0.4, 0.5) is 5.69 Å². The molecule has 0 aromatic carbocycles. The van der Waals surface area contributed by atoms with Crippen LogP contribution in [-0.4, -0.2) is 39.0 Å². The highest BCUT2D eigenvalue weighted by atomic mass is 16.2. The molecule has 2 aromatic rings. The standard InChI is InChI=1S/C13H16N6O2/c20-12-2-1-11(17-18-12)13(21)16-9-7-15-19(8-9)10-3-5-14-6-4-10/h1-2,7-8,10,14H,3-6H2,(H,16,21)(H,18,20). The van der Waals surface area contributed by atoms with E-state index >= 15 is 0 Å². The quantitative estimate of drug-likeness (QED) is 0.745. The first-order chi connectivity index (χ1) is 10.2. The van der Waals surface area contributed by atoms with Crippen molar-refractivity contribution in [2.24, 2.45) is 0 Å². The highest BCUT2D eigenvalue weighted by Crippen LogP contribution is 2.19. The molecule has 0 atom stereocenters. The predicted molar refractivity (Wildman–Crippen MR) is 76.2 cm³/mol. The van der Waals surface area contributed by atoms with Gasteiger partial charge in [-0.1, -0.05) is 0 Å². The minimum atomic E-state index is -0.379. The van der Waals surface area contributed by atoms with Gasteiger partial charge in [0.25, 0.3) is 11.5 Å². The van der Waals surface area contributed by atoms with E-state index in [1.54, 1.807) is 6.20 Å². The van der Waals surface area contributed by atoms with Gasteiger partial charge < -0.3 is 10.6 Å². The molecule has 0 radical (unpaired) electrons. The Bertz CT molecular complexity index is 665. The van der Waals surface area contributed by atoms with Crippen molar-refractivity contribution in [1.82, 2.24) is 25.3 Å². The molecule has 1 aliphatic heterocycles. The molecule has 1 aliphatic rings. The molecule has 2 aromatic heterocycles. The molecule has 3 N–H and O–H groups in total. The molecular formula is C13H16N6O2. The molecule has 0 aliphatic carbocycles. The zero-order chi connectivity index (χ0) is 14.7. The summed E-state index contributed by atoms with van der Waals surface area (Å²) in [6.07, 6.45) is 5.48. The van der Waals surface area contributed by atoms with Gasteiger partial charge in [-0.2, -0.15) is 10.2 Å². The smallest absolute Gasteiger partial charge is 0.276 e. The van der Waals surface area contributed by atoms with Crippen LogP contribution in [0.15, 0.2) is 29.3 Å². The number of H-pyrrole nitrogens is 1. The predicted octanol–water partition coefficient (Wildman–Crippen LogP) is 0.143. The molecule has 3 heterocycles. The Balaban J connectivity index is 1.67. The SMILES string of the molecule is O=C(Nc1cnn(C2CCNCC2)c1)c1ccc(=O)[nH]n1. The Labute approximate surface area is 120 Å². The number of amides is 1. The minimum absolute atomic E-state index is 0.157. The molecule has 1 amide bonds. The minimum Gasteiger partial charge on any atom is -0.318 e. The fourth-order valence-corrected chi connectivity index (χ4v) is 2.34. The third kappa shape index (κ3) is 3.16. The van der Waals surface area contributed by atoms with Crippen LogP contribution >= 0.6 is 0 Å². The number of piperidine rings is 1. The lowest BCUT2D eigenvalue weighted by molar-refractivity contribution is 0.102. The molecular weight excluding hydrogens is 272 g/mol. The summed E-state index contributed by atoms with van der Waals surface area (Å²) in [5, 5.41) is 16.2. The fourth-order valence-electron chi connectivity index (χ4n) is 2.34. The van der Waals surface area contributed by atoms with Crippen molar-refractivity contribution in [3.05, 3.63) is 40.6 Å². The average molecular weight is 288 g/mol. The number of anilines is 1. The van der Waals surface area contributed by atoms with Crippen molar-refractivity contribution in [2.45, 2.75) is 18.9 Å². The third-order valence-electron chi connectivity index (χ3n) is 3.45. The Morgan fingerprint density at radius 1 is 1.33 bits per heavy atom. The Hall–Kier alpha value is -2.48. The van der Waals surface area contributed by atoms with Crippen LogP contribution in [0.1, 0.15) is 29.4 Å². The first kappa shape index (κ1) is 13.5. The van der Waals surface area contributed by atoms with Gasteiger partial charge in [0, 0.05) is 12.3 Å². The molecule has 8 heteroatoms. The molecule has 0 saturated carbocycles. The van der Waals surface area contributed by atoms with Gasteiger partial charge in [0.05, 0.1) is 17.9 Å². The van der Waals surface area contributed by atoms with E-state index in [0.717, 1.165) is 25.9 Å². The van der Waals surface area contributed by atoms with Gasteiger partial charge in [-0.25, -0.2) is 5.10 Å². The summed E-state index contributed by atoms with van der Waals surface area (Å²) in [6, 6.07) is 3.01. The van der Waals surface area contributed by atoms with Crippen molar-refractivity contribution in [1.29, 1.82) is 0 Å². The lowest BCUT2D eigenvalue weighted by Gasteiger charge is -2.22. The summed E-state index contributed by atoms with van der Waals surface area (Å²) in [4.78, 5) is 22.9. The van der Waals surface area contributed by atoms with Crippen LogP contribution in [-0.2, 0) is 0 Å². The second kappa shape index (κ2) is 5.88.